The lowest BCUT2D eigenvalue weighted by molar-refractivity contribution is -0.122. The molecule has 1 aliphatic heterocycles. The zero-order chi connectivity index (χ0) is 19.3. The second-order valence-electron chi connectivity index (χ2n) is 7.84. The van der Waals surface area contributed by atoms with Crippen LogP contribution in [0.25, 0.3) is 0 Å². The number of halogens is 1. The summed E-state index contributed by atoms with van der Waals surface area (Å²) in [6.45, 7) is 3.24. The molecule has 3 amide bonds. The molecule has 1 aromatic carbocycles. The van der Waals surface area contributed by atoms with Gasteiger partial charge in [-0.25, -0.2) is 4.79 Å². The van der Waals surface area contributed by atoms with Crippen molar-refractivity contribution in [3.63, 3.8) is 0 Å². The smallest absolute Gasteiger partial charge is 0.319 e. The lowest BCUT2D eigenvalue weighted by atomic mass is 9.74. The number of amides is 3. The monoisotopic (exact) mass is 410 g/mol. The predicted molar refractivity (Wildman–Crippen MR) is 113 cm³/mol. The van der Waals surface area contributed by atoms with Crippen LogP contribution in [0.3, 0.4) is 0 Å². The highest BCUT2D eigenvalue weighted by molar-refractivity contribution is 5.94. The van der Waals surface area contributed by atoms with Crippen molar-refractivity contribution >= 4 is 35.7 Å². The van der Waals surface area contributed by atoms with Gasteiger partial charge in [-0.2, -0.15) is 0 Å². The number of carbonyl (C=O) groups excluding carboxylic acids is 2. The molecule has 0 radical (unpaired) electrons. The van der Waals surface area contributed by atoms with Crippen molar-refractivity contribution < 1.29 is 14.3 Å². The summed E-state index contributed by atoms with van der Waals surface area (Å²) in [5.41, 5.74) is 7.22. The first-order chi connectivity index (χ1) is 12.9. The molecular formula is C20H31ClN4O3. The molecule has 0 aromatic heterocycles. The molecule has 3 rings (SSSR count). The van der Waals surface area contributed by atoms with E-state index in [-0.39, 0.29) is 36.4 Å². The summed E-state index contributed by atoms with van der Waals surface area (Å²) in [7, 11) is 0. The van der Waals surface area contributed by atoms with Gasteiger partial charge in [-0.05, 0) is 56.9 Å². The average molecular weight is 411 g/mol. The number of anilines is 2. The Morgan fingerprint density at radius 1 is 1.11 bits per heavy atom. The molecule has 3 atom stereocenters. The zero-order valence-corrected chi connectivity index (χ0v) is 17.1. The van der Waals surface area contributed by atoms with Gasteiger partial charge in [-0.1, -0.05) is 12.8 Å². The first-order valence-corrected chi connectivity index (χ1v) is 9.80. The van der Waals surface area contributed by atoms with Crippen molar-refractivity contribution in [2.45, 2.75) is 57.1 Å². The zero-order valence-electron chi connectivity index (χ0n) is 16.3. The Kier molecular flexibility index (Phi) is 8.10. The van der Waals surface area contributed by atoms with E-state index in [2.05, 4.69) is 16.0 Å². The van der Waals surface area contributed by atoms with Crippen molar-refractivity contribution in [3.8, 4) is 0 Å². The van der Waals surface area contributed by atoms with Gasteiger partial charge in [0.1, 0.15) is 0 Å². The van der Waals surface area contributed by atoms with Gasteiger partial charge in [0, 0.05) is 30.1 Å². The molecule has 1 aliphatic carbocycles. The Morgan fingerprint density at radius 3 is 2.39 bits per heavy atom. The Morgan fingerprint density at radius 2 is 1.79 bits per heavy atom. The Bertz CT molecular complexity index is 660. The van der Waals surface area contributed by atoms with Gasteiger partial charge in [0.2, 0.25) is 5.91 Å². The van der Waals surface area contributed by atoms with Gasteiger partial charge in [-0.15, -0.1) is 12.4 Å². The summed E-state index contributed by atoms with van der Waals surface area (Å²) in [5, 5.41) is 8.54. The summed E-state index contributed by atoms with van der Waals surface area (Å²) in [5.74, 6) is -0.206. The minimum absolute atomic E-state index is 0. The van der Waals surface area contributed by atoms with Gasteiger partial charge in [-0.3, -0.25) is 4.79 Å². The first-order valence-electron chi connectivity index (χ1n) is 9.80. The van der Waals surface area contributed by atoms with Crippen molar-refractivity contribution in [1.82, 2.24) is 5.32 Å². The SMILES string of the molecule is CC1(N)CCCCC1C(=O)Nc1ccc(NC(=O)NCC2CCCO2)cc1.Cl. The molecule has 5 N–H and O–H groups in total. The van der Waals surface area contributed by atoms with Crippen LogP contribution in [0.15, 0.2) is 24.3 Å². The molecule has 1 heterocycles. The number of hydrogen-bond acceptors (Lipinski definition) is 4. The van der Waals surface area contributed by atoms with E-state index in [1.807, 2.05) is 6.92 Å². The third-order valence-electron chi connectivity index (χ3n) is 5.50. The van der Waals surface area contributed by atoms with E-state index in [1.165, 1.54) is 0 Å². The third kappa shape index (κ3) is 6.09. The molecule has 2 fully saturated rings. The standard InChI is InChI=1S/C20H30N4O3.ClH/c1-20(21)11-3-2-6-17(20)18(25)23-14-7-9-15(10-8-14)24-19(26)22-13-16-5-4-12-27-16;/h7-10,16-17H,2-6,11-13,21H2,1H3,(H,23,25)(H2,22,24,26);1H. The maximum Gasteiger partial charge on any atom is 0.319 e. The Labute approximate surface area is 172 Å². The summed E-state index contributed by atoms with van der Waals surface area (Å²) < 4.78 is 5.48. The van der Waals surface area contributed by atoms with Crippen LogP contribution in [0.4, 0.5) is 16.2 Å². The number of nitrogens with two attached hydrogens (primary N) is 1. The lowest BCUT2D eigenvalue weighted by Gasteiger charge is -2.37. The maximum absolute atomic E-state index is 12.6. The number of urea groups is 1. The highest BCUT2D eigenvalue weighted by Gasteiger charge is 2.37. The average Bonchev–Trinajstić information content (AvgIpc) is 3.15. The number of rotatable bonds is 5. The van der Waals surface area contributed by atoms with Crippen LogP contribution in [-0.4, -0.2) is 36.7 Å². The topological polar surface area (TPSA) is 105 Å². The van der Waals surface area contributed by atoms with Crippen LogP contribution in [-0.2, 0) is 9.53 Å². The summed E-state index contributed by atoms with van der Waals surface area (Å²) in [6.07, 6.45) is 5.95. The van der Waals surface area contributed by atoms with E-state index in [4.69, 9.17) is 10.5 Å². The second kappa shape index (κ2) is 10.1. The van der Waals surface area contributed by atoms with Crippen LogP contribution in [0.1, 0.15) is 45.4 Å². The van der Waals surface area contributed by atoms with E-state index in [0.717, 1.165) is 45.1 Å². The van der Waals surface area contributed by atoms with Crippen LogP contribution in [0.5, 0.6) is 0 Å². The highest BCUT2D eigenvalue weighted by atomic mass is 35.5. The first kappa shape index (κ1) is 22.5. The molecule has 0 bridgehead atoms. The van der Waals surface area contributed by atoms with E-state index >= 15 is 0 Å². The number of hydrogen-bond donors (Lipinski definition) is 4. The van der Waals surface area contributed by atoms with Gasteiger partial charge in [0.05, 0.1) is 12.0 Å². The van der Waals surface area contributed by atoms with Crippen LogP contribution in [0.2, 0.25) is 0 Å². The number of benzene rings is 1. The number of nitrogens with one attached hydrogen (secondary N) is 3. The maximum atomic E-state index is 12.6. The molecule has 28 heavy (non-hydrogen) atoms. The van der Waals surface area contributed by atoms with E-state index in [1.54, 1.807) is 24.3 Å². The van der Waals surface area contributed by atoms with Gasteiger partial charge in [0.15, 0.2) is 0 Å². The molecule has 3 unspecified atom stereocenters. The molecular weight excluding hydrogens is 380 g/mol. The van der Waals surface area contributed by atoms with Gasteiger partial charge >= 0.3 is 6.03 Å². The minimum atomic E-state index is -0.453. The fourth-order valence-electron chi connectivity index (χ4n) is 3.84. The third-order valence-corrected chi connectivity index (χ3v) is 5.50. The lowest BCUT2D eigenvalue weighted by Crippen LogP contribution is -2.51. The van der Waals surface area contributed by atoms with E-state index < -0.39 is 5.54 Å². The van der Waals surface area contributed by atoms with E-state index in [0.29, 0.717) is 17.9 Å². The van der Waals surface area contributed by atoms with Gasteiger partial charge < -0.3 is 26.4 Å². The molecule has 1 aromatic rings. The molecule has 1 saturated heterocycles. The van der Waals surface area contributed by atoms with Crippen LogP contribution in [0, 0.1) is 5.92 Å². The normalized spacial score (nSPS) is 26.8. The summed E-state index contributed by atoms with van der Waals surface area (Å²) >= 11 is 0. The van der Waals surface area contributed by atoms with Crippen molar-refractivity contribution in [3.05, 3.63) is 24.3 Å². The minimum Gasteiger partial charge on any atom is -0.376 e. The van der Waals surface area contributed by atoms with Crippen molar-refractivity contribution in [2.24, 2.45) is 11.7 Å². The molecule has 0 spiro atoms. The Balaban J connectivity index is 0.00000280. The number of carbonyl (C=O) groups is 2. The predicted octanol–water partition coefficient (Wildman–Crippen LogP) is 3.26. The molecule has 7 nitrogen and oxygen atoms in total. The van der Waals surface area contributed by atoms with Crippen molar-refractivity contribution in [1.29, 1.82) is 0 Å². The summed E-state index contributed by atoms with van der Waals surface area (Å²) in [6, 6.07) is 6.84. The quantitative estimate of drug-likeness (QED) is 0.597. The van der Waals surface area contributed by atoms with Crippen molar-refractivity contribution in [2.75, 3.05) is 23.8 Å². The molecule has 2 aliphatic rings. The highest BCUT2D eigenvalue weighted by Crippen LogP contribution is 2.32. The molecule has 8 heteroatoms. The Hall–Kier alpha value is -1.83. The fourth-order valence-corrected chi connectivity index (χ4v) is 3.84. The number of ether oxygens (including phenoxy) is 1. The van der Waals surface area contributed by atoms with E-state index in [9.17, 15) is 9.59 Å². The molecule has 156 valence electrons. The van der Waals surface area contributed by atoms with Crippen LogP contribution < -0.4 is 21.7 Å². The molecule has 1 saturated carbocycles. The van der Waals surface area contributed by atoms with Crippen LogP contribution >= 0.6 is 12.4 Å². The van der Waals surface area contributed by atoms with Gasteiger partial charge in [0.25, 0.3) is 0 Å². The largest absolute Gasteiger partial charge is 0.376 e. The fraction of sp³-hybridized carbons (Fsp3) is 0.600. The second-order valence-corrected chi connectivity index (χ2v) is 7.84. The summed E-state index contributed by atoms with van der Waals surface area (Å²) in [4.78, 5) is 24.5.